The van der Waals surface area contributed by atoms with E-state index in [1.54, 1.807) is 0 Å². The van der Waals surface area contributed by atoms with Crippen LogP contribution in [0.15, 0.2) is 46.7 Å². The van der Waals surface area contributed by atoms with E-state index in [0.717, 1.165) is 6.54 Å². The normalized spacial score (nSPS) is 18.1. The van der Waals surface area contributed by atoms with Crippen LogP contribution in [0.25, 0.3) is 0 Å². The lowest BCUT2D eigenvalue weighted by Gasteiger charge is -2.19. The Morgan fingerprint density at radius 1 is 1.38 bits per heavy atom. The highest BCUT2D eigenvalue weighted by molar-refractivity contribution is 5.49. The van der Waals surface area contributed by atoms with E-state index in [0.29, 0.717) is 5.92 Å². The molecule has 1 aliphatic heterocycles. The van der Waals surface area contributed by atoms with Crippen molar-refractivity contribution in [1.82, 2.24) is 5.32 Å². The molecule has 0 fully saturated rings. The Morgan fingerprint density at radius 3 is 2.38 bits per heavy atom. The average molecular weight is 217 g/mol. The van der Waals surface area contributed by atoms with E-state index in [4.69, 9.17) is 0 Å². The molecule has 88 valence electrons. The lowest BCUT2D eigenvalue weighted by atomic mass is 9.95. The highest BCUT2D eigenvalue weighted by Gasteiger charge is 2.10. The van der Waals surface area contributed by atoms with Gasteiger partial charge in [0.25, 0.3) is 0 Å². The second-order valence-corrected chi connectivity index (χ2v) is 4.69. The van der Waals surface area contributed by atoms with Crippen LogP contribution in [0.2, 0.25) is 0 Å². The van der Waals surface area contributed by atoms with Crippen LogP contribution in [0.5, 0.6) is 0 Å². The largest absolute Gasteiger partial charge is 0.386 e. The number of nitrogens with one attached hydrogen (secondary N) is 1. The van der Waals surface area contributed by atoms with Gasteiger partial charge in [0.2, 0.25) is 0 Å². The van der Waals surface area contributed by atoms with Crippen molar-refractivity contribution < 1.29 is 0 Å². The van der Waals surface area contributed by atoms with Gasteiger partial charge in [-0.3, -0.25) is 0 Å². The Labute approximate surface area is 99.6 Å². The molecule has 1 nitrogen and oxygen atoms in total. The standard InChI is InChI=1S/C15H23N/c1-6-7-15(14-9-16-10-14)13(5)8-12(4)11(2)3/h6-9,11,16H,10H2,1-5H3/b7-6+,12-8-,15-13+. The second kappa shape index (κ2) is 5.74. The van der Waals surface area contributed by atoms with Crippen LogP contribution in [0.4, 0.5) is 0 Å². The zero-order valence-corrected chi connectivity index (χ0v) is 11.1. The maximum atomic E-state index is 3.18. The predicted molar refractivity (Wildman–Crippen MR) is 72.2 cm³/mol. The van der Waals surface area contributed by atoms with Gasteiger partial charge >= 0.3 is 0 Å². The van der Waals surface area contributed by atoms with Crippen LogP contribution in [0.3, 0.4) is 0 Å². The van der Waals surface area contributed by atoms with Gasteiger partial charge in [-0.15, -0.1) is 0 Å². The van der Waals surface area contributed by atoms with E-state index in [1.807, 2.05) is 0 Å². The van der Waals surface area contributed by atoms with Crippen molar-refractivity contribution in [2.75, 3.05) is 6.54 Å². The molecule has 0 amide bonds. The number of rotatable bonds is 4. The summed E-state index contributed by atoms with van der Waals surface area (Å²) in [6.45, 7) is 11.9. The highest BCUT2D eigenvalue weighted by atomic mass is 14.9. The summed E-state index contributed by atoms with van der Waals surface area (Å²) in [5.41, 5.74) is 5.56. The van der Waals surface area contributed by atoms with Gasteiger partial charge in [-0.2, -0.15) is 0 Å². The Balaban J connectivity index is 3.02. The van der Waals surface area contributed by atoms with Crippen molar-refractivity contribution in [1.29, 1.82) is 0 Å². The molecular formula is C15H23N. The summed E-state index contributed by atoms with van der Waals surface area (Å²) in [5.74, 6) is 0.621. The molecule has 16 heavy (non-hydrogen) atoms. The third-order valence-corrected chi connectivity index (χ3v) is 3.03. The first-order valence-corrected chi connectivity index (χ1v) is 6.00. The van der Waals surface area contributed by atoms with E-state index in [1.165, 1.54) is 22.3 Å². The molecular weight excluding hydrogens is 194 g/mol. The molecule has 0 aromatic rings. The van der Waals surface area contributed by atoms with Crippen LogP contribution in [-0.2, 0) is 0 Å². The van der Waals surface area contributed by atoms with E-state index in [2.05, 4.69) is 64.4 Å². The first-order chi connectivity index (χ1) is 7.56. The van der Waals surface area contributed by atoms with Crippen LogP contribution >= 0.6 is 0 Å². The smallest absolute Gasteiger partial charge is 0.0415 e. The SMILES string of the molecule is C/C=C/C(C1=CNC1)=C(C)\C=C(\C)C(C)C. The monoisotopic (exact) mass is 217 g/mol. The molecule has 0 radical (unpaired) electrons. The third-order valence-electron chi connectivity index (χ3n) is 3.03. The van der Waals surface area contributed by atoms with Crippen molar-refractivity contribution >= 4 is 0 Å². The molecule has 1 N–H and O–H groups in total. The molecule has 1 heteroatoms. The van der Waals surface area contributed by atoms with Gasteiger partial charge in [0, 0.05) is 12.7 Å². The van der Waals surface area contributed by atoms with Crippen molar-refractivity contribution in [3.8, 4) is 0 Å². The maximum Gasteiger partial charge on any atom is 0.0415 e. The summed E-state index contributed by atoms with van der Waals surface area (Å²) < 4.78 is 0. The number of hydrogen-bond donors (Lipinski definition) is 1. The van der Waals surface area contributed by atoms with Crippen molar-refractivity contribution in [2.24, 2.45) is 5.92 Å². The molecule has 1 aliphatic rings. The summed E-state index contributed by atoms with van der Waals surface area (Å²) in [5, 5.41) is 3.18. The minimum atomic E-state index is 0.621. The fraction of sp³-hybridized carbons (Fsp3) is 0.467. The first-order valence-electron chi connectivity index (χ1n) is 6.00. The fourth-order valence-corrected chi connectivity index (χ4v) is 1.62. The topological polar surface area (TPSA) is 12.0 Å². The lowest BCUT2D eigenvalue weighted by Crippen LogP contribution is -2.23. The fourth-order valence-electron chi connectivity index (χ4n) is 1.62. The van der Waals surface area contributed by atoms with Crippen LogP contribution in [0.1, 0.15) is 34.6 Å². The number of hydrogen-bond acceptors (Lipinski definition) is 1. The first kappa shape index (κ1) is 12.8. The Kier molecular flexibility index (Phi) is 4.60. The van der Waals surface area contributed by atoms with E-state index in [-0.39, 0.29) is 0 Å². The third kappa shape index (κ3) is 3.13. The summed E-state index contributed by atoms with van der Waals surface area (Å²) in [7, 11) is 0. The zero-order chi connectivity index (χ0) is 12.1. The summed E-state index contributed by atoms with van der Waals surface area (Å²) in [4.78, 5) is 0. The molecule has 0 unspecified atom stereocenters. The zero-order valence-electron chi connectivity index (χ0n) is 11.1. The van der Waals surface area contributed by atoms with Gasteiger partial charge in [-0.05, 0) is 43.4 Å². The lowest BCUT2D eigenvalue weighted by molar-refractivity contribution is 0.767. The molecule has 0 saturated heterocycles. The van der Waals surface area contributed by atoms with Crippen molar-refractivity contribution in [3.63, 3.8) is 0 Å². The summed E-state index contributed by atoms with van der Waals surface area (Å²) in [6.07, 6.45) is 8.71. The van der Waals surface area contributed by atoms with E-state index >= 15 is 0 Å². The molecule has 0 aromatic carbocycles. The summed E-state index contributed by atoms with van der Waals surface area (Å²) in [6, 6.07) is 0. The van der Waals surface area contributed by atoms with Gasteiger partial charge < -0.3 is 5.32 Å². The predicted octanol–water partition coefficient (Wildman–Crippen LogP) is 3.97. The van der Waals surface area contributed by atoms with Crippen LogP contribution < -0.4 is 5.32 Å². The Hall–Kier alpha value is -1.24. The maximum absolute atomic E-state index is 3.18. The highest BCUT2D eigenvalue weighted by Crippen LogP contribution is 2.22. The van der Waals surface area contributed by atoms with Crippen molar-refractivity contribution in [3.05, 3.63) is 46.7 Å². The molecule has 1 heterocycles. The second-order valence-electron chi connectivity index (χ2n) is 4.69. The number of allylic oxidation sites excluding steroid dienone is 5. The summed E-state index contributed by atoms with van der Waals surface area (Å²) >= 11 is 0. The molecule has 0 aromatic heterocycles. The van der Waals surface area contributed by atoms with Gasteiger partial charge in [-0.1, -0.05) is 37.6 Å². The van der Waals surface area contributed by atoms with Crippen LogP contribution in [0, 0.1) is 5.92 Å². The van der Waals surface area contributed by atoms with E-state index < -0.39 is 0 Å². The average Bonchev–Trinajstić information content (AvgIpc) is 2.13. The molecule has 0 atom stereocenters. The van der Waals surface area contributed by atoms with Crippen molar-refractivity contribution in [2.45, 2.75) is 34.6 Å². The van der Waals surface area contributed by atoms with Gasteiger partial charge in [0.1, 0.15) is 0 Å². The van der Waals surface area contributed by atoms with Crippen LogP contribution in [-0.4, -0.2) is 6.54 Å². The molecule has 0 bridgehead atoms. The van der Waals surface area contributed by atoms with Gasteiger partial charge in [0.05, 0.1) is 0 Å². The van der Waals surface area contributed by atoms with Gasteiger partial charge in [-0.25, -0.2) is 0 Å². The molecule has 0 spiro atoms. The minimum Gasteiger partial charge on any atom is -0.386 e. The molecule has 0 saturated carbocycles. The van der Waals surface area contributed by atoms with Gasteiger partial charge in [0.15, 0.2) is 0 Å². The quantitative estimate of drug-likeness (QED) is 0.703. The minimum absolute atomic E-state index is 0.621. The van der Waals surface area contributed by atoms with E-state index in [9.17, 15) is 0 Å². The Morgan fingerprint density at radius 2 is 2.00 bits per heavy atom. The molecule has 1 rings (SSSR count). The molecule has 0 aliphatic carbocycles. The Bertz CT molecular complexity index is 365.